The number of benzene rings is 3. The van der Waals surface area contributed by atoms with E-state index >= 15 is 0 Å². The maximum atomic E-state index is 13.8. The van der Waals surface area contributed by atoms with Gasteiger partial charge in [0.15, 0.2) is 0 Å². The molecule has 1 fully saturated rings. The average molecular weight is 600 g/mol. The van der Waals surface area contributed by atoms with Gasteiger partial charge in [0.1, 0.15) is 11.8 Å². The van der Waals surface area contributed by atoms with Crippen molar-refractivity contribution in [3.8, 4) is 0 Å². The quantitative estimate of drug-likeness (QED) is 0.245. The number of anilines is 2. The summed E-state index contributed by atoms with van der Waals surface area (Å²) in [7, 11) is 0. The van der Waals surface area contributed by atoms with Gasteiger partial charge in [-0.1, -0.05) is 71.6 Å². The van der Waals surface area contributed by atoms with E-state index in [1.807, 2.05) is 36.4 Å². The third-order valence-corrected chi connectivity index (χ3v) is 9.81. The summed E-state index contributed by atoms with van der Waals surface area (Å²) in [6.45, 7) is 1.70. The molecule has 4 aromatic rings. The molecule has 2 unspecified atom stereocenters. The molecule has 42 heavy (non-hydrogen) atoms. The van der Waals surface area contributed by atoms with Gasteiger partial charge in [-0.3, -0.25) is 23.7 Å². The number of hydrogen-bond acceptors (Lipinski definition) is 8. The number of thioether (sulfide) groups is 1. The van der Waals surface area contributed by atoms with Gasteiger partial charge < -0.3 is 10.1 Å². The van der Waals surface area contributed by atoms with Crippen LogP contribution in [0.15, 0.2) is 94.7 Å². The van der Waals surface area contributed by atoms with Gasteiger partial charge in [0.2, 0.25) is 17.7 Å². The zero-order chi connectivity index (χ0) is 29.4. The van der Waals surface area contributed by atoms with Gasteiger partial charge in [0, 0.05) is 16.5 Å². The predicted octanol–water partition coefficient (Wildman–Crippen LogP) is 4.52. The van der Waals surface area contributed by atoms with Crippen molar-refractivity contribution in [1.82, 2.24) is 4.57 Å². The molecule has 0 bridgehead atoms. The maximum Gasteiger partial charge on any atom is 0.338 e. The topological polar surface area (TPSA) is 115 Å². The molecule has 1 aromatic heterocycles. The second kappa shape index (κ2) is 11.4. The lowest BCUT2D eigenvalue weighted by atomic mass is 9.83. The summed E-state index contributed by atoms with van der Waals surface area (Å²) in [6.07, 6.45) is 0. The van der Waals surface area contributed by atoms with Gasteiger partial charge in [-0.25, -0.2) is 9.69 Å². The van der Waals surface area contributed by atoms with Gasteiger partial charge in [-0.05, 0) is 48.9 Å². The first-order valence-electron chi connectivity index (χ1n) is 13.3. The Morgan fingerprint density at radius 2 is 1.55 bits per heavy atom. The Hall–Kier alpha value is -4.48. The molecule has 0 aliphatic carbocycles. The number of aromatic nitrogens is 1. The van der Waals surface area contributed by atoms with E-state index in [1.54, 1.807) is 55.5 Å². The summed E-state index contributed by atoms with van der Waals surface area (Å²) >= 11 is 2.17. The minimum atomic E-state index is -0.755. The SMILES string of the molecule is CCOC(=O)c1ccc(NC(=O)Cn2c3c(sc2=O)[C@H](c2ccccc2)C2C(=O)N(c4ccccc4)C(=O)C2S3)cc1. The summed E-state index contributed by atoms with van der Waals surface area (Å²) < 4.78 is 6.36. The molecular weight excluding hydrogens is 574 g/mol. The largest absolute Gasteiger partial charge is 0.462 e. The number of carbonyl (C=O) groups is 4. The van der Waals surface area contributed by atoms with Crippen LogP contribution in [0, 0.1) is 5.92 Å². The van der Waals surface area contributed by atoms with Crippen molar-refractivity contribution >= 4 is 58.2 Å². The second-order valence-electron chi connectivity index (χ2n) is 9.77. The Kier molecular flexibility index (Phi) is 7.53. The number of rotatable bonds is 7. The second-order valence-corrected chi connectivity index (χ2v) is 11.9. The normalized spacial score (nSPS) is 19.3. The van der Waals surface area contributed by atoms with Gasteiger partial charge in [-0.2, -0.15) is 0 Å². The summed E-state index contributed by atoms with van der Waals surface area (Å²) in [5.41, 5.74) is 2.14. The first-order chi connectivity index (χ1) is 20.4. The molecule has 0 spiro atoms. The lowest BCUT2D eigenvalue weighted by Crippen LogP contribution is -2.33. The molecule has 1 saturated heterocycles. The Bertz CT molecular complexity index is 1730. The number of amides is 3. The van der Waals surface area contributed by atoms with Gasteiger partial charge in [-0.15, -0.1) is 0 Å². The zero-order valence-electron chi connectivity index (χ0n) is 22.4. The van der Waals surface area contributed by atoms with E-state index in [0.717, 1.165) is 16.9 Å². The minimum absolute atomic E-state index is 0.256. The van der Waals surface area contributed by atoms with Crippen molar-refractivity contribution in [3.63, 3.8) is 0 Å². The number of carbonyl (C=O) groups excluding carboxylic acids is 4. The van der Waals surface area contributed by atoms with Crippen LogP contribution in [0.2, 0.25) is 0 Å². The Balaban J connectivity index is 1.32. The van der Waals surface area contributed by atoms with Crippen LogP contribution in [-0.2, 0) is 25.7 Å². The van der Waals surface area contributed by atoms with Gasteiger partial charge >= 0.3 is 10.8 Å². The standard InChI is InChI=1S/C31H25N3O6S2/c1-2-40-30(38)19-13-15-20(16-14-19)32-22(35)17-33-29-26(42-31(33)39)23(18-9-5-3-6-10-18)24-25(41-29)28(37)34(27(24)36)21-11-7-4-8-12-21/h3-16,23-25H,2,17H2,1H3,(H,32,35)/t23-,24?,25?/m1/s1. The average Bonchev–Trinajstić information content (AvgIpc) is 3.44. The Morgan fingerprint density at radius 3 is 2.21 bits per heavy atom. The molecule has 212 valence electrons. The van der Waals surface area contributed by atoms with E-state index in [2.05, 4.69) is 5.32 Å². The number of para-hydroxylation sites is 1. The number of fused-ring (bicyclic) bond motifs is 2. The smallest absolute Gasteiger partial charge is 0.338 e. The van der Waals surface area contributed by atoms with Crippen molar-refractivity contribution < 1.29 is 23.9 Å². The van der Waals surface area contributed by atoms with Crippen molar-refractivity contribution in [2.45, 2.75) is 29.7 Å². The van der Waals surface area contributed by atoms with E-state index in [-0.39, 0.29) is 29.8 Å². The Morgan fingerprint density at radius 1 is 0.881 bits per heavy atom. The molecule has 9 nitrogen and oxygen atoms in total. The highest BCUT2D eigenvalue weighted by molar-refractivity contribution is 8.00. The first-order valence-corrected chi connectivity index (χ1v) is 15.0. The zero-order valence-corrected chi connectivity index (χ0v) is 24.0. The van der Waals surface area contributed by atoms with Crippen LogP contribution in [0.25, 0.3) is 0 Å². The van der Waals surface area contributed by atoms with Crippen LogP contribution >= 0.6 is 23.1 Å². The number of ether oxygens (including phenoxy) is 1. The molecule has 6 rings (SSSR count). The fourth-order valence-corrected chi connectivity index (χ4v) is 8.13. The molecule has 3 amide bonds. The third kappa shape index (κ3) is 4.94. The molecule has 11 heteroatoms. The number of thiazole rings is 1. The van der Waals surface area contributed by atoms with Crippen LogP contribution in [0.3, 0.4) is 0 Å². The van der Waals surface area contributed by atoms with E-state index < -0.39 is 29.0 Å². The van der Waals surface area contributed by atoms with E-state index in [1.165, 1.54) is 21.2 Å². The number of imide groups is 1. The van der Waals surface area contributed by atoms with Crippen molar-refractivity contribution in [2.75, 3.05) is 16.8 Å². The number of nitrogens with one attached hydrogen (secondary N) is 1. The molecule has 0 radical (unpaired) electrons. The maximum absolute atomic E-state index is 13.8. The summed E-state index contributed by atoms with van der Waals surface area (Å²) in [6, 6.07) is 24.5. The monoisotopic (exact) mass is 599 g/mol. The number of esters is 1. The van der Waals surface area contributed by atoms with Gasteiger partial charge in [0.25, 0.3) is 0 Å². The highest BCUT2D eigenvalue weighted by atomic mass is 32.2. The van der Waals surface area contributed by atoms with Crippen LogP contribution < -0.4 is 15.1 Å². The van der Waals surface area contributed by atoms with E-state index in [0.29, 0.717) is 26.8 Å². The molecule has 2 aliphatic rings. The van der Waals surface area contributed by atoms with Crippen molar-refractivity contribution in [2.24, 2.45) is 5.92 Å². The number of hydrogen-bond donors (Lipinski definition) is 1. The molecule has 3 atom stereocenters. The lowest BCUT2D eigenvalue weighted by Gasteiger charge is -2.30. The fraction of sp³-hybridized carbons (Fsp3) is 0.194. The summed E-state index contributed by atoms with van der Waals surface area (Å²) in [4.78, 5) is 67.4. The van der Waals surface area contributed by atoms with Crippen LogP contribution in [-0.4, -0.2) is 40.1 Å². The highest BCUT2D eigenvalue weighted by Gasteiger charge is 2.56. The molecular formula is C31H25N3O6S2. The van der Waals surface area contributed by atoms with Crippen LogP contribution in [0.5, 0.6) is 0 Å². The molecule has 1 N–H and O–H groups in total. The molecule has 0 saturated carbocycles. The van der Waals surface area contributed by atoms with Crippen molar-refractivity contribution in [3.05, 3.63) is 111 Å². The van der Waals surface area contributed by atoms with Crippen molar-refractivity contribution in [1.29, 1.82) is 0 Å². The minimum Gasteiger partial charge on any atom is -0.462 e. The lowest BCUT2D eigenvalue weighted by molar-refractivity contribution is -0.122. The molecule has 3 aromatic carbocycles. The first kappa shape index (κ1) is 27.7. The molecule has 3 heterocycles. The fourth-order valence-electron chi connectivity index (χ4n) is 5.35. The molecule has 2 aliphatic heterocycles. The van der Waals surface area contributed by atoms with E-state index in [4.69, 9.17) is 4.74 Å². The predicted molar refractivity (Wildman–Crippen MR) is 160 cm³/mol. The van der Waals surface area contributed by atoms with Crippen LogP contribution in [0.1, 0.15) is 33.6 Å². The Labute approximate surface area is 249 Å². The summed E-state index contributed by atoms with van der Waals surface area (Å²) in [5, 5.41) is 2.52. The van der Waals surface area contributed by atoms with Gasteiger partial charge in [0.05, 0.1) is 28.8 Å². The van der Waals surface area contributed by atoms with Crippen LogP contribution in [0.4, 0.5) is 11.4 Å². The number of nitrogens with zero attached hydrogens (tertiary/aromatic N) is 2. The third-order valence-electron chi connectivity index (χ3n) is 7.20. The highest BCUT2D eigenvalue weighted by Crippen LogP contribution is 2.53. The summed E-state index contributed by atoms with van der Waals surface area (Å²) in [5.74, 6) is -2.77. The van der Waals surface area contributed by atoms with E-state index in [9.17, 15) is 24.0 Å².